The summed E-state index contributed by atoms with van der Waals surface area (Å²) in [5.41, 5.74) is 1.32. The van der Waals surface area contributed by atoms with Gasteiger partial charge in [-0.3, -0.25) is 10.1 Å². The van der Waals surface area contributed by atoms with Gasteiger partial charge in [-0.2, -0.15) is 0 Å². The maximum Gasteiger partial charge on any atom is 0.257 e. The first kappa shape index (κ1) is 18.9. The van der Waals surface area contributed by atoms with Crippen LogP contribution in [0.4, 0.5) is 5.69 Å². The lowest BCUT2D eigenvalue weighted by atomic mass is 10.2. The summed E-state index contributed by atoms with van der Waals surface area (Å²) in [6.45, 7) is 3.75. The Morgan fingerprint density at radius 3 is 2.70 bits per heavy atom. The summed E-state index contributed by atoms with van der Waals surface area (Å²) in [6, 6.07) is 16.6. The van der Waals surface area contributed by atoms with Crippen molar-refractivity contribution in [2.75, 3.05) is 25.1 Å². The average Bonchev–Trinajstić information content (AvgIpc) is 3.22. The van der Waals surface area contributed by atoms with E-state index in [2.05, 4.69) is 15.6 Å². The number of para-hydroxylation sites is 2. The van der Waals surface area contributed by atoms with Crippen molar-refractivity contribution in [3.63, 3.8) is 0 Å². The largest absolute Gasteiger partial charge is 0.492 e. The van der Waals surface area contributed by atoms with Gasteiger partial charge in [0, 0.05) is 12.2 Å². The van der Waals surface area contributed by atoms with Gasteiger partial charge in [0.2, 0.25) is 5.96 Å². The summed E-state index contributed by atoms with van der Waals surface area (Å²) in [7, 11) is 0. The second kappa shape index (κ2) is 9.73. The Balaban J connectivity index is 1.77. The quantitative estimate of drug-likeness (QED) is 0.606. The Morgan fingerprint density at radius 2 is 1.96 bits per heavy atom. The maximum absolute atomic E-state index is 12.6. The Bertz CT molecular complexity index is 771. The van der Waals surface area contributed by atoms with Gasteiger partial charge >= 0.3 is 0 Å². The summed E-state index contributed by atoms with van der Waals surface area (Å²) >= 11 is 0. The molecule has 0 bridgehead atoms. The van der Waals surface area contributed by atoms with Crippen molar-refractivity contribution in [3.8, 4) is 5.75 Å². The highest BCUT2D eigenvalue weighted by Gasteiger charge is 2.16. The summed E-state index contributed by atoms with van der Waals surface area (Å²) in [4.78, 5) is 17.1. The third-order valence-corrected chi connectivity index (χ3v) is 4.18. The van der Waals surface area contributed by atoms with E-state index in [9.17, 15) is 4.79 Å². The molecule has 1 aliphatic rings. The topological polar surface area (TPSA) is 71.9 Å². The minimum atomic E-state index is -0.219. The number of nitrogens with one attached hydrogen (secondary N) is 2. The van der Waals surface area contributed by atoms with Crippen LogP contribution in [0.25, 0.3) is 0 Å². The molecule has 1 heterocycles. The Kier molecular flexibility index (Phi) is 6.82. The average molecular weight is 367 g/mol. The fourth-order valence-corrected chi connectivity index (χ4v) is 2.84. The Labute approximate surface area is 159 Å². The van der Waals surface area contributed by atoms with Gasteiger partial charge in [-0.05, 0) is 44.0 Å². The number of hydrogen-bond acceptors (Lipinski definition) is 4. The molecule has 142 valence electrons. The first-order chi connectivity index (χ1) is 13.3. The van der Waals surface area contributed by atoms with Gasteiger partial charge < -0.3 is 14.8 Å². The molecule has 6 heteroatoms. The number of benzene rings is 2. The molecule has 3 rings (SSSR count). The molecule has 1 saturated heterocycles. The monoisotopic (exact) mass is 367 g/mol. The molecule has 1 aliphatic heterocycles. The number of nitrogens with zero attached hydrogens (tertiary/aromatic N) is 1. The van der Waals surface area contributed by atoms with E-state index in [0.717, 1.165) is 25.1 Å². The lowest BCUT2D eigenvalue weighted by molar-refractivity contribution is 0.0975. The zero-order valence-electron chi connectivity index (χ0n) is 15.5. The molecule has 1 amide bonds. The standard InChI is InChI=1S/C21H25N3O3/c1-2-26-19-13-7-6-12-18(19)23-21(22-15-17-11-8-14-27-17)24-20(25)16-9-4-3-5-10-16/h3-7,9-10,12-13,17H,2,8,11,14-15H2,1H3,(H2,22,23,24,25)/t17-/m1/s1. The third-order valence-electron chi connectivity index (χ3n) is 4.18. The zero-order chi connectivity index (χ0) is 18.9. The number of carbonyl (C=O) groups is 1. The van der Waals surface area contributed by atoms with Crippen molar-refractivity contribution in [2.24, 2.45) is 4.99 Å². The van der Waals surface area contributed by atoms with Crippen LogP contribution in [0.2, 0.25) is 0 Å². The highest BCUT2D eigenvalue weighted by atomic mass is 16.5. The Hall–Kier alpha value is -2.86. The van der Waals surface area contributed by atoms with Crippen LogP contribution >= 0.6 is 0 Å². The van der Waals surface area contributed by atoms with Crippen molar-refractivity contribution in [3.05, 3.63) is 60.2 Å². The number of hydrogen-bond donors (Lipinski definition) is 2. The SMILES string of the molecule is CCOc1ccccc1NC(=NC[C@H]1CCCO1)NC(=O)c1ccccc1. The van der Waals surface area contributed by atoms with E-state index < -0.39 is 0 Å². The van der Waals surface area contributed by atoms with E-state index in [0.29, 0.717) is 30.4 Å². The normalized spacial score (nSPS) is 16.8. The first-order valence-electron chi connectivity index (χ1n) is 9.27. The minimum absolute atomic E-state index is 0.0950. The van der Waals surface area contributed by atoms with Crippen molar-refractivity contribution < 1.29 is 14.3 Å². The van der Waals surface area contributed by atoms with E-state index in [1.165, 1.54) is 0 Å². The van der Waals surface area contributed by atoms with Gasteiger partial charge in [0.25, 0.3) is 5.91 Å². The van der Waals surface area contributed by atoms with Gasteiger partial charge in [0.1, 0.15) is 5.75 Å². The molecule has 1 fully saturated rings. The molecule has 2 N–H and O–H groups in total. The van der Waals surface area contributed by atoms with Gasteiger partial charge in [-0.25, -0.2) is 4.99 Å². The second-order valence-electron chi connectivity index (χ2n) is 6.20. The van der Waals surface area contributed by atoms with Gasteiger partial charge in [0.15, 0.2) is 0 Å². The number of amides is 1. The molecular formula is C21H25N3O3. The predicted molar refractivity (Wildman–Crippen MR) is 106 cm³/mol. The van der Waals surface area contributed by atoms with E-state index in [-0.39, 0.29) is 12.0 Å². The van der Waals surface area contributed by atoms with Gasteiger partial charge in [0.05, 0.1) is 24.9 Å². The molecule has 0 unspecified atom stereocenters. The molecule has 0 aromatic heterocycles. The van der Waals surface area contributed by atoms with Gasteiger partial charge in [-0.15, -0.1) is 0 Å². The van der Waals surface area contributed by atoms with Crippen LogP contribution < -0.4 is 15.4 Å². The van der Waals surface area contributed by atoms with Crippen LogP contribution in [0.3, 0.4) is 0 Å². The van der Waals surface area contributed by atoms with Crippen LogP contribution in [0.1, 0.15) is 30.1 Å². The van der Waals surface area contributed by atoms with Crippen molar-refractivity contribution in [1.82, 2.24) is 5.32 Å². The third kappa shape index (κ3) is 5.56. The highest BCUT2D eigenvalue weighted by Crippen LogP contribution is 2.23. The van der Waals surface area contributed by atoms with Crippen molar-refractivity contribution in [2.45, 2.75) is 25.9 Å². The zero-order valence-corrected chi connectivity index (χ0v) is 15.5. The number of guanidine groups is 1. The van der Waals surface area contributed by atoms with Crippen LogP contribution in [0.15, 0.2) is 59.6 Å². The molecule has 27 heavy (non-hydrogen) atoms. The Morgan fingerprint density at radius 1 is 1.19 bits per heavy atom. The van der Waals surface area contributed by atoms with E-state index in [1.54, 1.807) is 12.1 Å². The fourth-order valence-electron chi connectivity index (χ4n) is 2.84. The number of ether oxygens (including phenoxy) is 2. The number of aliphatic imine (C=N–C) groups is 1. The maximum atomic E-state index is 12.6. The minimum Gasteiger partial charge on any atom is -0.492 e. The van der Waals surface area contributed by atoms with Crippen molar-refractivity contribution in [1.29, 1.82) is 0 Å². The lowest BCUT2D eigenvalue weighted by Gasteiger charge is -2.16. The number of rotatable bonds is 6. The number of carbonyl (C=O) groups excluding carboxylic acids is 1. The summed E-state index contributed by atoms with van der Waals surface area (Å²) in [5.74, 6) is 0.869. The van der Waals surface area contributed by atoms with Gasteiger partial charge in [-0.1, -0.05) is 30.3 Å². The van der Waals surface area contributed by atoms with Crippen LogP contribution in [0, 0.1) is 0 Å². The van der Waals surface area contributed by atoms with Crippen LogP contribution in [-0.4, -0.2) is 37.7 Å². The molecular weight excluding hydrogens is 342 g/mol. The fraction of sp³-hybridized carbons (Fsp3) is 0.333. The molecule has 1 atom stereocenters. The predicted octanol–water partition coefficient (Wildman–Crippen LogP) is 3.46. The molecule has 0 saturated carbocycles. The molecule has 6 nitrogen and oxygen atoms in total. The smallest absolute Gasteiger partial charge is 0.257 e. The molecule has 2 aromatic rings. The van der Waals surface area contributed by atoms with Crippen LogP contribution in [-0.2, 0) is 4.74 Å². The summed E-state index contributed by atoms with van der Waals surface area (Å²) in [5, 5.41) is 6.06. The first-order valence-corrected chi connectivity index (χ1v) is 9.27. The molecule has 0 aliphatic carbocycles. The van der Waals surface area contributed by atoms with E-state index in [4.69, 9.17) is 9.47 Å². The van der Waals surface area contributed by atoms with Crippen LogP contribution in [0.5, 0.6) is 5.75 Å². The molecule has 2 aromatic carbocycles. The highest BCUT2D eigenvalue weighted by molar-refractivity contribution is 6.10. The van der Waals surface area contributed by atoms with Crippen molar-refractivity contribution >= 4 is 17.6 Å². The number of anilines is 1. The van der Waals surface area contributed by atoms with E-state index >= 15 is 0 Å². The molecule has 0 radical (unpaired) electrons. The summed E-state index contributed by atoms with van der Waals surface area (Å²) in [6.07, 6.45) is 2.13. The lowest BCUT2D eigenvalue weighted by Crippen LogP contribution is -2.36. The molecule has 0 spiro atoms. The second-order valence-corrected chi connectivity index (χ2v) is 6.20. The van der Waals surface area contributed by atoms with E-state index in [1.807, 2.05) is 49.4 Å². The summed E-state index contributed by atoms with van der Waals surface area (Å²) < 4.78 is 11.3.